The molecular formula is C12H19NO6. The first-order valence-electron chi connectivity index (χ1n) is 6.45. The summed E-state index contributed by atoms with van der Waals surface area (Å²) in [5, 5.41) is 10.7. The van der Waals surface area contributed by atoms with Gasteiger partial charge in [0, 0.05) is 4.92 Å². The molecule has 19 heavy (non-hydrogen) atoms. The Morgan fingerprint density at radius 1 is 1.26 bits per heavy atom. The van der Waals surface area contributed by atoms with Crippen molar-refractivity contribution in [1.29, 1.82) is 0 Å². The fourth-order valence-corrected chi connectivity index (χ4v) is 2.65. The summed E-state index contributed by atoms with van der Waals surface area (Å²) in [6.45, 7) is 3.11. The molecular weight excluding hydrogens is 254 g/mol. The number of carbonyl (C=O) groups excluding carboxylic acids is 2. The molecule has 1 fully saturated rings. The Kier molecular flexibility index (Phi) is 5.26. The Balaban J connectivity index is 3.05. The Morgan fingerprint density at radius 2 is 1.79 bits per heavy atom. The molecule has 0 spiro atoms. The van der Waals surface area contributed by atoms with Crippen molar-refractivity contribution >= 4 is 11.9 Å². The van der Waals surface area contributed by atoms with Gasteiger partial charge in [0.05, 0.1) is 19.1 Å². The largest absolute Gasteiger partial charge is 0.465 e. The monoisotopic (exact) mass is 273 g/mol. The van der Waals surface area contributed by atoms with Crippen LogP contribution in [0.3, 0.4) is 0 Å². The molecule has 0 aromatic rings. The van der Waals surface area contributed by atoms with Gasteiger partial charge in [-0.05, 0) is 26.7 Å². The molecule has 0 aliphatic heterocycles. The molecule has 7 nitrogen and oxygen atoms in total. The lowest BCUT2D eigenvalue weighted by Gasteiger charge is -2.28. The predicted octanol–water partition coefficient (Wildman–Crippen LogP) is 1.18. The van der Waals surface area contributed by atoms with Gasteiger partial charge in [-0.15, -0.1) is 0 Å². The highest BCUT2D eigenvalue weighted by Gasteiger charge is 2.59. The van der Waals surface area contributed by atoms with Gasteiger partial charge in [0.15, 0.2) is 5.41 Å². The van der Waals surface area contributed by atoms with Crippen LogP contribution in [0.4, 0.5) is 0 Å². The molecule has 1 rings (SSSR count). The Bertz CT molecular complexity index is 349. The first kappa shape index (κ1) is 15.4. The lowest BCUT2D eigenvalue weighted by molar-refractivity contribution is -0.490. The third-order valence-electron chi connectivity index (χ3n) is 3.47. The molecule has 0 amide bonds. The van der Waals surface area contributed by atoms with Gasteiger partial charge >= 0.3 is 11.9 Å². The normalized spacial score (nSPS) is 20.8. The highest BCUT2D eigenvalue weighted by atomic mass is 16.6. The Hall–Kier alpha value is -1.66. The molecule has 1 unspecified atom stereocenters. The van der Waals surface area contributed by atoms with Crippen LogP contribution in [0.2, 0.25) is 0 Å². The van der Waals surface area contributed by atoms with Crippen LogP contribution in [-0.4, -0.2) is 36.6 Å². The lowest BCUT2D eigenvalue weighted by atomic mass is 9.77. The van der Waals surface area contributed by atoms with Gasteiger partial charge in [-0.2, -0.15) is 0 Å². The maximum Gasteiger partial charge on any atom is 0.324 e. The number of nitro groups is 1. The van der Waals surface area contributed by atoms with Crippen LogP contribution in [0.25, 0.3) is 0 Å². The summed E-state index contributed by atoms with van der Waals surface area (Å²) < 4.78 is 9.89. The number of carbonyl (C=O) groups is 2. The molecule has 0 bridgehead atoms. The molecule has 0 aromatic heterocycles. The van der Waals surface area contributed by atoms with Crippen molar-refractivity contribution in [2.24, 2.45) is 11.3 Å². The first-order valence-corrected chi connectivity index (χ1v) is 6.45. The summed E-state index contributed by atoms with van der Waals surface area (Å²) in [4.78, 5) is 34.5. The molecule has 0 N–H and O–H groups in total. The third-order valence-corrected chi connectivity index (χ3v) is 3.47. The van der Waals surface area contributed by atoms with Gasteiger partial charge in [-0.3, -0.25) is 19.7 Å². The van der Waals surface area contributed by atoms with Gasteiger partial charge in [0.25, 0.3) is 0 Å². The van der Waals surface area contributed by atoms with Crippen molar-refractivity contribution in [2.75, 3.05) is 19.8 Å². The average molecular weight is 273 g/mol. The van der Waals surface area contributed by atoms with E-state index < -0.39 is 34.7 Å². The van der Waals surface area contributed by atoms with Crippen molar-refractivity contribution in [3.8, 4) is 0 Å². The summed E-state index contributed by atoms with van der Waals surface area (Å²) >= 11 is 0. The van der Waals surface area contributed by atoms with Gasteiger partial charge in [0.2, 0.25) is 6.54 Å². The summed E-state index contributed by atoms with van der Waals surface area (Å²) in [5.74, 6) is -2.05. The highest BCUT2D eigenvalue weighted by Crippen LogP contribution is 2.45. The summed E-state index contributed by atoms with van der Waals surface area (Å²) in [6, 6.07) is 0. The maximum absolute atomic E-state index is 12.1. The summed E-state index contributed by atoms with van der Waals surface area (Å²) in [6.07, 6.45) is 1.29. The number of hydrogen-bond acceptors (Lipinski definition) is 6. The van der Waals surface area contributed by atoms with Gasteiger partial charge in [-0.1, -0.05) is 6.42 Å². The van der Waals surface area contributed by atoms with Crippen LogP contribution >= 0.6 is 0 Å². The molecule has 108 valence electrons. The quantitative estimate of drug-likeness (QED) is 0.312. The van der Waals surface area contributed by atoms with Crippen LogP contribution < -0.4 is 0 Å². The summed E-state index contributed by atoms with van der Waals surface area (Å²) in [5.41, 5.74) is -1.50. The van der Waals surface area contributed by atoms with Gasteiger partial charge < -0.3 is 9.47 Å². The van der Waals surface area contributed by atoms with Crippen molar-refractivity contribution in [2.45, 2.75) is 33.1 Å². The minimum absolute atomic E-state index is 0.130. The van der Waals surface area contributed by atoms with Crippen molar-refractivity contribution in [3.63, 3.8) is 0 Å². The number of esters is 2. The summed E-state index contributed by atoms with van der Waals surface area (Å²) in [7, 11) is 0. The number of nitrogens with zero attached hydrogens (tertiary/aromatic N) is 1. The van der Waals surface area contributed by atoms with Crippen molar-refractivity contribution in [3.05, 3.63) is 10.1 Å². The van der Waals surface area contributed by atoms with Crippen molar-refractivity contribution in [1.82, 2.24) is 0 Å². The second kappa shape index (κ2) is 6.49. The maximum atomic E-state index is 12.1. The number of ether oxygens (including phenoxy) is 2. The number of hydrogen-bond donors (Lipinski definition) is 0. The molecule has 1 aliphatic rings. The minimum Gasteiger partial charge on any atom is -0.465 e. The van der Waals surface area contributed by atoms with E-state index >= 15 is 0 Å². The Morgan fingerprint density at radius 3 is 2.21 bits per heavy atom. The molecule has 1 saturated carbocycles. The zero-order chi connectivity index (χ0) is 14.5. The second-order valence-electron chi connectivity index (χ2n) is 4.52. The van der Waals surface area contributed by atoms with E-state index in [1.54, 1.807) is 13.8 Å². The minimum atomic E-state index is -1.50. The molecule has 0 heterocycles. The zero-order valence-electron chi connectivity index (χ0n) is 11.2. The van der Waals surface area contributed by atoms with Gasteiger partial charge in [0.1, 0.15) is 0 Å². The molecule has 7 heteroatoms. The van der Waals surface area contributed by atoms with E-state index in [-0.39, 0.29) is 19.6 Å². The van der Waals surface area contributed by atoms with Gasteiger partial charge in [-0.25, -0.2) is 0 Å². The average Bonchev–Trinajstić information content (AvgIpc) is 2.73. The van der Waals surface area contributed by atoms with Crippen LogP contribution in [0, 0.1) is 21.4 Å². The number of rotatable bonds is 6. The Labute approximate surface area is 111 Å². The standard InChI is InChI=1S/C12H19NO6/c1-3-18-10(14)12(11(15)19-4-2)7-5-6-9(12)8-13(16)17/h9H,3-8H2,1-2H3. The van der Waals surface area contributed by atoms with Crippen LogP contribution in [0.15, 0.2) is 0 Å². The van der Waals surface area contributed by atoms with E-state index in [9.17, 15) is 19.7 Å². The van der Waals surface area contributed by atoms with Crippen molar-refractivity contribution < 1.29 is 24.0 Å². The molecule has 0 aromatic carbocycles. The molecule has 0 saturated heterocycles. The third kappa shape index (κ3) is 3.02. The molecule has 0 radical (unpaired) electrons. The van der Waals surface area contributed by atoms with E-state index in [4.69, 9.17) is 9.47 Å². The zero-order valence-corrected chi connectivity index (χ0v) is 11.2. The fraction of sp³-hybridized carbons (Fsp3) is 0.833. The lowest BCUT2D eigenvalue weighted by Crippen LogP contribution is -2.47. The van der Waals surface area contributed by atoms with E-state index in [0.717, 1.165) is 0 Å². The van der Waals surface area contributed by atoms with Crippen LogP contribution in [0.1, 0.15) is 33.1 Å². The fourth-order valence-electron chi connectivity index (χ4n) is 2.65. The SMILES string of the molecule is CCOC(=O)C1(C(=O)OCC)CCCC1C[N+](=O)[O-]. The first-order chi connectivity index (χ1) is 8.98. The van der Waals surface area contributed by atoms with E-state index in [0.29, 0.717) is 12.8 Å². The molecule has 1 atom stereocenters. The van der Waals surface area contributed by atoms with E-state index in [1.165, 1.54) is 0 Å². The van der Waals surface area contributed by atoms with Crippen LogP contribution in [-0.2, 0) is 19.1 Å². The topological polar surface area (TPSA) is 95.7 Å². The smallest absolute Gasteiger partial charge is 0.324 e. The highest BCUT2D eigenvalue weighted by molar-refractivity contribution is 6.00. The predicted molar refractivity (Wildman–Crippen MR) is 64.9 cm³/mol. The molecule has 1 aliphatic carbocycles. The van der Waals surface area contributed by atoms with E-state index in [1.807, 2.05) is 0 Å². The van der Waals surface area contributed by atoms with Crippen LogP contribution in [0.5, 0.6) is 0 Å². The second-order valence-corrected chi connectivity index (χ2v) is 4.52. The van der Waals surface area contributed by atoms with E-state index in [2.05, 4.69) is 0 Å².